The van der Waals surface area contributed by atoms with E-state index < -0.39 is 0 Å². The second-order valence-corrected chi connectivity index (χ2v) is 7.69. The Morgan fingerprint density at radius 2 is 1.18 bits per heavy atom. The molecule has 1 aromatic rings. The van der Waals surface area contributed by atoms with E-state index in [9.17, 15) is 0 Å². The molecule has 0 fully saturated rings. The van der Waals surface area contributed by atoms with Crippen molar-refractivity contribution in [3.63, 3.8) is 0 Å². The van der Waals surface area contributed by atoms with Crippen molar-refractivity contribution in [3.05, 3.63) is 29.6 Å². The molecule has 0 radical (unpaired) electrons. The Balaban J connectivity index is 2.95. The molecule has 0 spiro atoms. The molecule has 1 aromatic heterocycles. The fourth-order valence-corrected chi connectivity index (χ4v) is 2.29. The summed E-state index contributed by atoms with van der Waals surface area (Å²) in [7, 11) is 2.12. The summed E-state index contributed by atoms with van der Waals surface area (Å²) < 4.78 is 2.20. The summed E-state index contributed by atoms with van der Waals surface area (Å²) in [6.07, 6.45) is 6.77. The average Bonchev–Trinajstić information content (AvgIpc) is 1.93. The maximum atomic E-state index is 2.37. The zero-order valence-corrected chi connectivity index (χ0v) is 12.6. The molecular weight excluding hydrogens is 206 g/mol. The topological polar surface area (TPSA) is 3.88 Å². The Hall–Kier alpha value is -0.850. The first-order chi connectivity index (χ1) is 7.55. The Kier molecular flexibility index (Phi) is 4.01. The molecule has 1 heteroatoms. The Morgan fingerprint density at radius 1 is 0.824 bits per heavy atom. The van der Waals surface area contributed by atoms with Crippen LogP contribution in [0.25, 0.3) is 0 Å². The van der Waals surface area contributed by atoms with Crippen molar-refractivity contribution in [3.8, 4) is 0 Å². The Bertz CT molecular complexity index is 343. The van der Waals surface area contributed by atoms with Crippen LogP contribution >= 0.6 is 0 Å². The van der Waals surface area contributed by atoms with Crippen molar-refractivity contribution in [2.45, 2.75) is 54.4 Å². The average molecular weight is 234 g/mol. The van der Waals surface area contributed by atoms with Gasteiger partial charge in [-0.05, 0) is 29.7 Å². The van der Waals surface area contributed by atoms with Crippen LogP contribution in [-0.4, -0.2) is 0 Å². The van der Waals surface area contributed by atoms with Gasteiger partial charge in [0.1, 0.15) is 7.05 Å². The van der Waals surface area contributed by atoms with E-state index in [-0.39, 0.29) is 0 Å². The molecule has 0 atom stereocenters. The summed E-state index contributed by atoms with van der Waals surface area (Å²) in [6.45, 7) is 13.8. The number of nitrogens with zero attached hydrogens (tertiary/aromatic N) is 1. The smallest absolute Gasteiger partial charge is 0.171 e. The first-order valence-electron chi connectivity index (χ1n) is 6.53. The summed E-state index contributed by atoms with van der Waals surface area (Å²) in [5.41, 5.74) is 3.60. The molecule has 0 aliphatic carbocycles. The molecule has 0 unspecified atom stereocenters. The molecule has 96 valence electrons. The van der Waals surface area contributed by atoms with Crippen molar-refractivity contribution >= 4 is 0 Å². The van der Waals surface area contributed by atoms with Crippen LogP contribution in [0.1, 0.15) is 52.7 Å². The first-order valence-corrected chi connectivity index (χ1v) is 6.53. The number of pyridine rings is 1. The minimum atomic E-state index is 0.355. The van der Waals surface area contributed by atoms with Crippen LogP contribution < -0.4 is 4.57 Å². The van der Waals surface area contributed by atoms with E-state index in [0.29, 0.717) is 10.8 Å². The fourth-order valence-electron chi connectivity index (χ4n) is 2.29. The monoisotopic (exact) mass is 234 g/mol. The molecule has 1 nitrogen and oxygen atoms in total. The van der Waals surface area contributed by atoms with Gasteiger partial charge >= 0.3 is 0 Å². The van der Waals surface area contributed by atoms with Gasteiger partial charge in [0.05, 0.1) is 0 Å². The van der Waals surface area contributed by atoms with Gasteiger partial charge in [-0.25, -0.2) is 4.57 Å². The van der Waals surface area contributed by atoms with E-state index in [1.165, 1.54) is 11.1 Å². The van der Waals surface area contributed by atoms with E-state index in [4.69, 9.17) is 0 Å². The van der Waals surface area contributed by atoms with Gasteiger partial charge in [-0.3, -0.25) is 0 Å². The molecular formula is C16H28N+. The predicted molar refractivity (Wildman–Crippen MR) is 73.9 cm³/mol. The van der Waals surface area contributed by atoms with Crippen LogP contribution in [0.3, 0.4) is 0 Å². The second kappa shape index (κ2) is 4.80. The summed E-state index contributed by atoms with van der Waals surface area (Å²) in [4.78, 5) is 0. The van der Waals surface area contributed by atoms with Crippen molar-refractivity contribution in [1.82, 2.24) is 0 Å². The van der Waals surface area contributed by atoms with Crippen LogP contribution in [0.2, 0.25) is 0 Å². The third-order valence-corrected chi connectivity index (χ3v) is 2.58. The number of hydrogen-bond acceptors (Lipinski definition) is 0. The van der Waals surface area contributed by atoms with Crippen molar-refractivity contribution < 1.29 is 4.57 Å². The molecule has 1 heterocycles. The summed E-state index contributed by atoms with van der Waals surface area (Å²) >= 11 is 0. The van der Waals surface area contributed by atoms with E-state index >= 15 is 0 Å². The SMILES string of the molecule is C[n+]1cc(CC(C)(C)C)cc(CC(C)(C)C)c1. The lowest BCUT2D eigenvalue weighted by Gasteiger charge is -2.20. The van der Waals surface area contributed by atoms with Gasteiger partial charge in [0.2, 0.25) is 0 Å². The maximum absolute atomic E-state index is 2.37. The number of aromatic nitrogens is 1. The van der Waals surface area contributed by atoms with Crippen LogP contribution in [-0.2, 0) is 19.9 Å². The largest absolute Gasteiger partial charge is 0.207 e. The Morgan fingerprint density at radius 3 is 1.47 bits per heavy atom. The minimum Gasteiger partial charge on any atom is -0.207 e. The molecule has 0 aromatic carbocycles. The van der Waals surface area contributed by atoms with Crippen LogP contribution in [0.4, 0.5) is 0 Å². The van der Waals surface area contributed by atoms with Crippen molar-refractivity contribution in [2.75, 3.05) is 0 Å². The highest BCUT2D eigenvalue weighted by Crippen LogP contribution is 2.23. The van der Waals surface area contributed by atoms with Gasteiger partial charge in [0, 0.05) is 11.1 Å². The first kappa shape index (κ1) is 14.2. The van der Waals surface area contributed by atoms with Gasteiger partial charge in [-0.2, -0.15) is 0 Å². The van der Waals surface area contributed by atoms with Crippen LogP contribution in [0.15, 0.2) is 18.5 Å². The molecule has 0 saturated carbocycles. The van der Waals surface area contributed by atoms with Crippen molar-refractivity contribution in [2.24, 2.45) is 17.9 Å². The number of rotatable bonds is 2. The van der Waals surface area contributed by atoms with Gasteiger partial charge in [0.15, 0.2) is 12.4 Å². The molecule has 0 aliphatic heterocycles. The predicted octanol–water partition coefficient (Wildman–Crippen LogP) is 3.69. The zero-order valence-electron chi connectivity index (χ0n) is 12.6. The molecule has 0 bridgehead atoms. The zero-order chi connectivity index (χ0) is 13.3. The number of aryl methyl sites for hydroxylation is 1. The second-order valence-electron chi connectivity index (χ2n) is 7.69. The highest BCUT2D eigenvalue weighted by Gasteiger charge is 2.17. The lowest BCUT2D eigenvalue weighted by Crippen LogP contribution is -2.30. The van der Waals surface area contributed by atoms with Crippen LogP contribution in [0, 0.1) is 10.8 Å². The highest BCUT2D eigenvalue weighted by atomic mass is 14.9. The van der Waals surface area contributed by atoms with E-state index in [1.54, 1.807) is 0 Å². The molecule has 1 rings (SSSR count). The standard InChI is InChI=1S/C16H28N/c1-15(2,3)9-13-8-14(10-16(4,5)6)12-17(7)11-13/h8,11-12H,9-10H2,1-7H3/q+1. The summed E-state index contributed by atoms with van der Waals surface area (Å²) in [5, 5.41) is 0. The molecule has 0 saturated heterocycles. The Labute approximate surface area is 107 Å². The molecule has 0 amide bonds. The summed E-state index contributed by atoms with van der Waals surface area (Å²) in [5.74, 6) is 0. The van der Waals surface area contributed by atoms with Gasteiger partial charge in [0.25, 0.3) is 0 Å². The quantitative estimate of drug-likeness (QED) is 0.687. The fraction of sp³-hybridized carbons (Fsp3) is 0.688. The van der Waals surface area contributed by atoms with E-state index in [0.717, 1.165) is 12.8 Å². The lowest BCUT2D eigenvalue weighted by atomic mass is 9.85. The van der Waals surface area contributed by atoms with Crippen LogP contribution in [0.5, 0.6) is 0 Å². The molecule has 0 aliphatic rings. The van der Waals surface area contributed by atoms with Crippen molar-refractivity contribution in [1.29, 1.82) is 0 Å². The lowest BCUT2D eigenvalue weighted by molar-refractivity contribution is -0.672. The maximum Gasteiger partial charge on any atom is 0.171 e. The van der Waals surface area contributed by atoms with Gasteiger partial charge in [-0.15, -0.1) is 0 Å². The normalized spacial score (nSPS) is 12.9. The number of hydrogen-bond donors (Lipinski definition) is 0. The third-order valence-electron chi connectivity index (χ3n) is 2.58. The van der Waals surface area contributed by atoms with E-state index in [1.807, 2.05) is 0 Å². The summed E-state index contributed by atoms with van der Waals surface area (Å²) in [6, 6.07) is 2.37. The molecule has 0 N–H and O–H groups in total. The van der Waals surface area contributed by atoms with E-state index in [2.05, 4.69) is 71.6 Å². The highest BCUT2D eigenvalue weighted by molar-refractivity contribution is 5.17. The third kappa shape index (κ3) is 5.86. The van der Waals surface area contributed by atoms with Gasteiger partial charge in [-0.1, -0.05) is 41.5 Å². The molecule has 17 heavy (non-hydrogen) atoms. The van der Waals surface area contributed by atoms with Gasteiger partial charge < -0.3 is 0 Å². The minimum absolute atomic E-state index is 0.355.